The van der Waals surface area contributed by atoms with Crippen LogP contribution in [-0.4, -0.2) is 43.9 Å². The van der Waals surface area contributed by atoms with Gasteiger partial charge in [0.15, 0.2) is 0 Å². The van der Waals surface area contributed by atoms with Crippen LogP contribution in [0.3, 0.4) is 0 Å². The van der Waals surface area contributed by atoms with E-state index >= 15 is 0 Å². The predicted octanol–water partition coefficient (Wildman–Crippen LogP) is -0.745. The quantitative estimate of drug-likeness (QED) is 0.610. The Bertz CT molecular complexity index is 336. The van der Waals surface area contributed by atoms with Crippen molar-refractivity contribution in [3.05, 3.63) is 0 Å². The molecule has 1 aliphatic rings. The number of carbonyl (C=O) groups is 3. The summed E-state index contributed by atoms with van der Waals surface area (Å²) in [4.78, 5) is 36.6. The van der Waals surface area contributed by atoms with E-state index in [1.807, 2.05) is 0 Å². The highest BCUT2D eigenvalue weighted by molar-refractivity contribution is 6.39. The van der Waals surface area contributed by atoms with Gasteiger partial charge in [0.2, 0.25) is 0 Å². The summed E-state index contributed by atoms with van der Waals surface area (Å²) in [6.07, 6.45) is -0.0227. The second-order valence-electron chi connectivity index (χ2n) is 2.78. The number of rotatable bonds is 2. The van der Waals surface area contributed by atoms with E-state index in [4.69, 9.17) is 0 Å². The number of urea groups is 1. The van der Waals surface area contributed by atoms with E-state index < -0.39 is 24.0 Å². The number of hydrogen-bond donors (Lipinski definition) is 1. The van der Waals surface area contributed by atoms with Crippen molar-refractivity contribution in [2.75, 3.05) is 14.2 Å². The summed E-state index contributed by atoms with van der Waals surface area (Å²) in [7, 11) is 2.36. The number of nitrogens with zero attached hydrogens (tertiary/aromatic N) is 1. The number of hydrogen-bond acceptors (Lipinski definition) is 5. The predicted molar refractivity (Wildman–Crippen MR) is 48.4 cm³/mol. The van der Waals surface area contributed by atoms with Crippen LogP contribution in [0.25, 0.3) is 0 Å². The Kier molecular flexibility index (Phi) is 3.37. The minimum absolute atomic E-state index is 0.0227. The SMILES string of the molecule is COC(=O)C1=NC(=O)NC(C(=O)OC)C1. The van der Waals surface area contributed by atoms with Gasteiger partial charge < -0.3 is 14.8 Å². The molecule has 0 aromatic carbocycles. The molecule has 0 aromatic heterocycles. The molecule has 0 spiro atoms. The minimum atomic E-state index is -0.880. The van der Waals surface area contributed by atoms with Crippen LogP contribution in [0.2, 0.25) is 0 Å². The highest BCUT2D eigenvalue weighted by Crippen LogP contribution is 2.05. The molecule has 1 atom stereocenters. The Morgan fingerprint density at radius 2 is 2.07 bits per heavy atom. The second kappa shape index (κ2) is 4.54. The maximum Gasteiger partial charge on any atom is 0.352 e. The van der Waals surface area contributed by atoms with Gasteiger partial charge >= 0.3 is 18.0 Å². The van der Waals surface area contributed by atoms with Crippen LogP contribution in [-0.2, 0) is 19.1 Å². The molecule has 0 fully saturated rings. The molecule has 0 aliphatic carbocycles. The van der Waals surface area contributed by atoms with Gasteiger partial charge in [-0.05, 0) is 0 Å². The third kappa shape index (κ3) is 2.52. The molecule has 0 radical (unpaired) electrons. The van der Waals surface area contributed by atoms with Gasteiger partial charge in [0.05, 0.1) is 14.2 Å². The summed E-state index contributed by atoms with van der Waals surface area (Å²) >= 11 is 0. The van der Waals surface area contributed by atoms with Gasteiger partial charge in [-0.3, -0.25) is 0 Å². The van der Waals surface area contributed by atoms with Crippen molar-refractivity contribution in [2.24, 2.45) is 4.99 Å². The topological polar surface area (TPSA) is 94.1 Å². The fourth-order valence-electron chi connectivity index (χ4n) is 1.13. The van der Waals surface area contributed by atoms with E-state index in [1.54, 1.807) is 0 Å². The van der Waals surface area contributed by atoms with Gasteiger partial charge in [-0.15, -0.1) is 0 Å². The van der Waals surface area contributed by atoms with E-state index in [0.717, 1.165) is 0 Å². The number of amides is 2. The van der Waals surface area contributed by atoms with Crippen LogP contribution >= 0.6 is 0 Å². The Balaban J connectivity index is 2.80. The van der Waals surface area contributed by atoms with Crippen molar-refractivity contribution < 1.29 is 23.9 Å². The molecule has 1 heterocycles. The average molecular weight is 214 g/mol. The maximum atomic E-state index is 11.1. The third-order valence-electron chi connectivity index (χ3n) is 1.84. The van der Waals surface area contributed by atoms with Gasteiger partial charge in [-0.1, -0.05) is 0 Å². The van der Waals surface area contributed by atoms with Crippen LogP contribution in [0.5, 0.6) is 0 Å². The number of esters is 2. The lowest BCUT2D eigenvalue weighted by Gasteiger charge is -2.19. The molecule has 15 heavy (non-hydrogen) atoms. The van der Waals surface area contributed by atoms with Crippen molar-refractivity contribution >= 4 is 23.7 Å². The van der Waals surface area contributed by atoms with E-state index in [2.05, 4.69) is 19.8 Å². The highest BCUT2D eigenvalue weighted by Gasteiger charge is 2.31. The zero-order valence-corrected chi connectivity index (χ0v) is 8.27. The van der Waals surface area contributed by atoms with Gasteiger partial charge in [-0.25, -0.2) is 14.4 Å². The Morgan fingerprint density at radius 1 is 1.40 bits per heavy atom. The Morgan fingerprint density at radius 3 is 2.60 bits per heavy atom. The molecule has 7 heteroatoms. The van der Waals surface area contributed by atoms with Crippen LogP contribution < -0.4 is 5.32 Å². The standard InChI is InChI=1S/C8H10N2O5/c1-14-6(11)4-3-5(7(12)15-2)10-8(13)9-4/h4H,3H2,1-2H3,(H,9,13). The van der Waals surface area contributed by atoms with Gasteiger partial charge in [0.25, 0.3) is 0 Å². The van der Waals surface area contributed by atoms with Crippen molar-refractivity contribution in [1.29, 1.82) is 0 Å². The molecule has 0 aromatic rings. The molecule has 82 valence electrons. The van der Waals surface area contributed by atoms with E-state index in [-0.39, 0.29) is 12.1 Å². The van der Waals surface area contributed by atoms with Crippen LogP contribution in [0.4, 0.5) is 4.79 Å². The molecule has 1 N–H and O–H groups in total. The van der Waals surface area contributed by atoms with Crippen LogP contribution in [0.1, 0.15) is 6.42 Å². The Labute approximate surface area is 85.4 Å². The summed E-state index contributed by atoms with van der Waals surface area (Å²) in [6, 6.07) is -1.63. The zero-order valence-electron chi connectivity index (χ0n) is 8.27. The lowest BCUT2D eigenvalue weighted by molar-refractivity contribution is -0.142. The monoisotopic (exact) mass is 214 g/mol. The molecule has 1 aliphatic heterocycles. The summed E-state index contributed by atoms with van der Waals surface area (Å²) in [5.74, 6) is -1.35. The smallest absolute Gasteiger partial charge is 0.352 e. The first-order valence-corrected chi connectivity index (χ1v) is 4.12. The van der Waals surface area contributed by atoms with Crippen LogP contribution in [0, 0.1) is 0 Å². The van der Waals surface area contributed by atoms with Gasteiger partial charge in [-0.2, -0.15) is 4.99 Å². The van der Waals surface area contributed by atoms with Crippen molar-refractivity contribution in [3.63, 3.8) is 0 Å². The summed E-state index contributed by atoms with van der Waals surface area (Å²) in [5, 5.41) is 2.27. The van der Waals surface area contributed by atoms with E-state index in [0.29, 0.717) is 0 Å². The molecule has 1 unspecified atom stereocenters. The fourth-order valence-corrected chi connectivity index (χ4v) is 1.13. The average Bonchev–Trinajstić information content (AvgIpc) is 2.26. The number of nitrogens with one attached hydrogen (secondary N) is 1. The van der Waals surface area contributed by atoms with Crippen molar-refractivity contribution in [1.82, 2.24) is 5.32 Å². The first-order valence-electron chi connectivity index (χ1n) is 4.12. The molecule has 0 saturated carbocycles. The molecule has 2 amide bonds. The number of methoxy groups -OCH3 is 2. The third-order valence-corrected chi connectivity index (χ3v) is 1.84. The number of aliphatic imine (C=N–C) groups is 1. The van der Waals surface area contributed by atoms with Gasteiger partial charge in [0.1, 0.15) is 11.8 Å². The largest absolute Gasteiger partial charge is 0.467 e. The first-order chi connectivity index (χ1) is 7.08. The summed E-state index contributed by atoms with van der Waals surface area (Å²) in [5.41, 5.74) is -0.0864. The number of carbonyl (C=O) groups excluding carboxylic acids is 3. The molecule has 1 rings (SSSR count). The molecular formula is C8H10N2O5. The lowest BCUT2D eigenvalue weighted by Crippen LogP contribution is -2.46. The van der Waals surface area contributed by atoms with Gasteiger partial charge in [0, 0.05) is 6.42 Å². The molecule has 0 bridgehead atoms. The molecule has 7 nitrogen and oxygen atoms in total. The van der Waals surface area contributed by atoms with Crippen molar-refractivity contribution in [3.8, 4) is 0 Å². The highest BCUT2D eigenvalue weighted by atomic mass is 16.5. The van der Waals surface area contributed by atoms with Crippen LogP contribution in [0.15, 0.2) is 4.99 Å². The van der Waals surface area contributed by atoms with Crippen molar-refractivity contribution in [2.45, 2.75) is 12.5 Å². The van der Waals surface area contributed by atoms with E-state index in [9.17, 15) is 14.4 Å². The normalized spacial score (nSPS) is 20.0. The second-order valence-corrected chi connectivity index (χ2v) is 2.78. The minimum Gasteiger partial charge on any atom is -0.467 e. The molecule has 0 saturated heterocycles. The fraction of sp³-hybridized carbons (Fsp3) is 0.500. The Hall–Kier alpha value is -1.92. The zero-order chi connectivity index (χ0) is 11.4. The summed E-state index contributed by atoms with van der Waals surface area (Å²) < 4.78 is 8.84. The number of ether oxygens (including phenoxy) is 2. The maximum absolute atomic E-state index is 11.1. The molecular weight excluding hydrogens is 204 g/mol. The lowest BCUT2D eigenvalue weighted by atomic mass is 10.1. The summed E-state index contributed by atoms with van der Waals surface area (Å²) in [6.45, 7) is 0. The first kappa shape index (κ1) is 11.2. The van der Waals surface area contributed by atoms with E-state index in [1.165, 1.54) is 14.2 Å².